The molecule has 3 nitrogen and oxygen atoms in total. The van der Waals surface area contributed by atoms with Crippen LogP contribution < -0.4 is 0 Å². The molecule has 0 amide bonds. The molecule has 0 unspecified atom stereocenters. The molecule has 0 bridgehead atoms. The summed E-state index contributed by atoms with van der Waals surface area (Å²) in [6.07, 6.45) is 1.47. The molecule has 0 saturated carbocycles. The summed E-state index contributed by atoms with van der Waals surface area (Å²) >= 11 is 9.52. The van der Waals surface area contributed by atoms with E-state index in [1.54, 1.807) is 0 Å². The third kappa shape index (κ3) is 17.8. The monoisotopic (exact) mass is 201 g/mol. The maximum Gasteiger partial charge on any atom is 0.403 e. The molecule has 11 heavy (non-hydrogen) atoms. The van der Waals surface area contributed by atoms with E-state index in [1.807, 2.05) is 19.0 Å². The van der Waals surface area contributed by atoms with Gasteiger partial charge in [0.2, 0.25) is 0 Å². The van der Waals surface area contributed by atoms with Crippen LogP contribution in [0.5, 0.6) is 0 Å². The lowest BCUT2D eigenvalue weighted by Gasteiger charge is -2.07. The fourth-order valence-corrected chi connectivity index (χ4v) is 0.386. The summed E-state index contributed by atoms with van der Waals surface area (Å²) in [6, 6.07) is 0. The number of halogens is 2. The molecule has 0 aliphatic heterocycles. The number of carbonyl (C=O) groups is 1. The van der Waals surface area contributed by atoms with Gasteiger partial charge in [0.1, 0.15) is 6.61 Å². The average Bonchev–Trinajstić information content (AvgIpc) is 1.90. The first-order chi connectivity index (χ1) is 5.13. The molecule has 0 aromatic carbocycles. The summed E-state index contributed by atoms with van der Waals surface area (Å²) < 4.78 is 4.44. The fourth-order valence-electron chi connectivity index (χ4n) is 0.308. The van der Waals surface area contributed by atoms with Crippen LogP contribution in [0.4, 0.5) is 4.79 Å². The lowest BCUT2D eigenvalue weighted by atomic mass is 10.6. The quantitative estimate of drug-likeness (QED) is 0.516. The number of likely N-dealkylation sites (N-methyl/N-ethyl adjacent to an activating group) is 1. The zero-order valence-electron chi connectivity index (χ0n) is 6.93. The molecular weight excluding hydrogens is 189 g/mol. The Labute approximate surface area is 77.2 Å². The van der Waals surface area contributed by atoms with Gasteiger partial charge in [0.25, 0.3) is 0 Å². The van der Waals surface area contributed by atoms with Gasteiger partial charge in [0.05, 0.1) is 0 Å². The Morgan fingerprint density at radius 3 is 2.18 bits per heavy atom. The van der Waals surface area contributed by atoms with Gasteiger partial charge in [-0.15, -0.1) is 11.6 Å². The highest BCUT2D eigenvalue weighted by Crippen LogP contribution is 1.86. The van der Waals surface area contributed by atoms with Gasteiger partial charge in [-0.1, -0.05) is 0 Å². The second-order valence-corrected chi connectivity index (χ2v) is 2.20. The number of hydrogen-bond acceptors (Lipinski definition) is 3. The van der Waals surface area contributed by atoms with E-state index >= 15 is 0 Å². The number of ether oxygens (including phenoxy) is 1. The van der Waals surface area contributed by atoms with E-state index in [9.17, 15) is 4.79 Å². The Morgan fingerprint density at radius 2 is 1.91 bits per heavy atom. The van der Waals surface area contributed by atoms with Gasteiger partial charge in [-0.2, -0.15) is 0 Å². The molecule has 0 fully saturated rings. The average molecular weight is 202 g/mol. The number of hydrogen-bond donors (Lipinski definition) is 0. The van der Waals surface area contributed by atoms with Crippen LogP contribution in [-0.4, -0.2) is 44.0 Å². The lowest BCUT2D eigenvalue weighted by Crippen LogP contribution is -2.18. The Bertz CT molecular complexity index is 98.6. The van der Waals surface area contributed by atoms with Gasteiger partial charge in [0.15, 0.2) is 0 Å². The van der Waals surface area contributed by atoms with Crippen LogP contribution >= 0.6 is 23.2 Å². The van der Waals surface area contributed by atoms with Crippen LogP contribution in [0.2, 0.25) is 0 Å². The van der Waals surface area contributed by atoms with Crippen LogP contribution in [0.1, 0.15) is 0 Å². The maximum absolute atomic E-state index is 9.95. The first-order valence-electron chi connectivity index (χ1n) is 2.97. The first-order valence-corrected chi connectivity index (χ1v) is 4.11. The molecule has 0 aromatic rings. The van der Waals surface area contributed by atoms with E-state index in [2.05, 4.69) is 16.3 Å². The fraction of sp³-hybridized carbons (Fsp3) is 0.833. The van der Waals surface area contributed by atoms with Crippen molar-refractivity contribution in [1.82, 2.24) is 4.90 Å². The summed E-state index contributed by atoms with van der Waals surface area (Å²) in [5, 5.41) is 0. The third-order valence-corrected chi connectivity index (χ3v) is 0.863. The molecule has 0 aromatic heterocycles. The molecule has 0 radical (unpaired) electrons. The topological polar surface area (TPSA) is 29.5 Å². The first kappa shape index (κ1) is 13.6. The van der Waals surface area contributed by atoms with Crippen molar-refractivity contribution >= 4 is 28.6 Å². The van der Waals surface area contributed by atoms with Gasteiger partial charge in [-0.25, -0.2) is 4.79 Å². The van der Waals surface area contributed by atoms with Gasteiger partial charge in [-0.3, -0.25) is 0 Å². The number of nitrogens with zero attached hydrogens (tertiary/aromatic N) is 1. The van der Waals surface area contributed by atoms with Crippen molar-refractivity contribution in [1.29, 1.82) is 0 Å². The predicted molar refractivity (Wildman–Crippen MR) is 47.5 cm³/mol. The van der Waals surface area contributed by atoms with Crippen LogP contribution in [0, 0.1) is 0 Å². The van der Waals surface area contributed by atoms with Crippen LogP contribution in [0.25, 0.3) is 0 Å². The zero-order chi connectivity index (χ0) is 9.28. The summed E-state index contributed by atoms with van der Waals surface area (Å²) in [5.41, 5.74) is -0.739. The molecule has 0 aliphatic carbocycles. The highest BCUT2D eigenvalue weighted by atomic mass is 35.5. The van der Waals surface area contributed by atoms with Crippen LogP contribution in [-0.2, 0) is 4.74 Å². The van der Waals surface area contributed by atoms with Crippen molar-refractivity contribution in [2.45, 2.75) is 0 Å². The molecule has 0 spiro atoms. The Hall–Kier alpha value is 0.01000. The van der Waals surface area contributed by atoms with Gasteiger partial charge >= 0.3 is 5.43 Å². The number of carbonyl (C=O) groups excluding carboxylic acids is 1. The largest absolute Gasteiger partial charge is 0.452 e. The highest BCUT2D eigenvalue weighted by Gasteiger charge is 1.94. The summed E-state index contributed by atoms with van der Waals surface area (Å²) in [5.74, 6) is 0. The second-order valence-electron chi connectivity index (χ2n) is 1.89. The predicted octanol–water partition coefficient (Wildman–Crippen LogP) is 1.78. The maximum atomic E-state index is 9.95. The number of rotatable bonds is 3. The van der Waals surface area contributed by atoms with Crippen LogP contribution in [0.15, 0.2) is 0 Å². The van der Waals surface area contributed by atoms with E-state index in [-0.39, 0.29) is 0 Å². The highest BCUT2D eigenvalue weighted by molar-refractivity contribution is 6.61. The molecule has 0 N–H and O–H groups in total. The summed E-state index contributed by atoms with van der Waals surface area (Å²) in [4.78, 5) is 11.9. The van der Waals surface area contributed by atoms with Gasteiger partial charge in [-0.05, 0) is 14.1 Å². The SMILES string of the molecule is CCl.CN(C)CCOC(=O)Cl. The van der Waals surface area contributed by atoms with Crippen molar-refractivity contribution < 1.29 is 9.53 Å². The Morgan fingerprint density at radius 1 is 1.45 bits per heavy atom. The Balaban J connectivity index is 0. The third-order valence-electron chi connectivity index (χ3n) is 0.754. The molecule has 0 heterocycles. The zero-order valence-corrected chi connectivity index (χ0v) is 8.45. The number of alkyl halides is 1. The van der Waals surface area contributed by atoms with Crippen molar-refractivity contribution in [2.75, 3.05) is 33.6 Å². The lowest BCUT2D eigenvalue weighted by molar-refractivity contribution is 0.162. The van der Waals surface area contributed by atoms with Crippen LogP contribution in [0.3, 0.4) is 0 Å². The van der Waals surface area contributed by atoms with E-state index in [0.717, 1.165) is 0 Å². The molecule has 5 heteroatoms. The minimum Gasteiger partial charge on any atom is -0.452 e. The van der Waals surface area contributed by atoms with Crippen molar-refractivity contribution in [3.8, 4) is 0 Å². The van der Waals surface area contributed by atoms with Crippen molar-refractivity contribution in [3.63, 3.8) is 0 Å². The van der Waals surface area contributed by atoms with Crippen molar-refractivity contribution in [3.05, 3.63) is 0 Å². The molecule has 0 rings (SSSR count). The Kier molecular flexibility index (Phi) is 12.4. The van der Waals surface area contributed by atoms with E-state index in [4.69, 9.17) is 11.6 Å². The summed E-state index contributed by atoms with van der Waals surface area (Å²) in [7, 11) is 3.78. The molecule has 0 saturated heterocycles. The minimum absolute atomic E-state index is 0.356. The van der Waals surface area contributed by atoms with E-state index in [1.165, 1.54) is 6.38 Å². The van der Waals surface area contributed by atoms with Gasteiger partial charge in [0, 0.05) is 24.5 Å². The molecular formula is C6H13Cl2NO2. The van der Waals surface area contributed by atoms with Crippen molar-refractivity contribution in [2.24, 2.45) is 0 Å². The van der Waals surface area contributed by atoms with Gasteiger partial charge < -0.3 is 9.64 Å². The molecule has 0 aliphatic rings. The summed E-state index contributed by atoms with van der Waals surface area (Å²) in [6.45, 7) is 1.06. The smallest absolute Gasteiger partial charge is 0.403 e. The van der Waals surface area contributed by atoms with E-state index in [0.29, 0.717) is 13.2 Å². The minimum atomic E-state index is -0.739. The van der Waals surface area contributed by atoms with E-state index < -0.39 is 5.43 Å². The second kappa shape index (κ2) is 10.0. The molecule has 68 valence electrons. The standard InChI is InChI=1S/C5H10ClNO2.CH3Cl/c1-7(2)3-4-9-5(6)8;1-2/h3-4H2,1-2H3;1H3. The normalized spacial score (nSPS) is 8.55. The molecule has 0 atom stereocenters.